The predicted molar refractivity (Wildman–Crippen MR) is 24.6 cm³/mol. The van der Waals surface area contributed by atoms with Crippen LogP contribution < -0.4 is 0 Å². The molecule has 23 valence electrons. The van der Waals surface area contributed by atoms with Crippen LogP contribution in [-0.2, 0) is 0 Å². The first-order valence-electron chi connectivity index (χ1n) is 1.00. The Labute approximate surface area is 40.1 Å². The molecule has 0 rings (SSSR count). The molecule has 3 radical (unpaired) electrons. The molecule has 0 unspecified atom stereocenters. The molecule has 0 aromatic rings. The number of hydrogen-bond acceptors (Lipinski definition) is 0. The van der Waals surface area contributed by atoms with E-state index in [0.717, 1.165) is 0 Å². The summed E-state index contributed by atoms with van der Waals surface area (Å²) in [5, 5.41) is 0. The van der Waals surface area contributed by atoms with Gasteiger partial charge < -0.3 is 0 Å². The van der Waals surface area contributed by atoms with Crippen LogP contribution in [0.5, 0.6) is 0 Å². The van der Waals surface area contributed by atoms with E-state index < -0.39 is 0 Å². The van der Waals surface area contributed by atoms with Crippen molar-refractivity contribution < 1.29 is 0 Å². The molecule has 0 aliphatic carbocycles. The van der Waals surface area contributed by atoms with Gasteiger partial charge in [0.15, 0.2) is 0 Å². The molecule has 0 aromatic heterocycles. The Balaban J connectivity index is 0. The molecule has 0 saturated carbocycles. The number of hydrogen-bond donors (Lipinski definition) is 0. The Bertz CT molecular complexity index is 6.00. The monoisotopic (exact) mass is 163 g/mol. The molecule has 0 aromatic carbocycles. The second-order valence-electron chi connectivity index (χ2n) is 0.500. The van der Waals surface area contributed by atoms with Gasteiger partial charge in [0, 0.05) is 8.41 Å². The molecule has 4 heavy (non-hydrogen) atoms. The molecule has 0 amide bonds. The van der Waals surface area contributed by atoms with E-state index in [2.05, 4.69) is 9.74 Å². The van der Waals surface area contributed by atoms with Gasteiger partial charge in [-0.25, -0.2) is 0 Å². The molecule has 0 heterocycles. The van der Waals surface area contributed by atoms with E-state index in [1.807, 2.05) is 0 Å². The zero-order chi connectivity index (χ0) is 2.71. The predicted octanol–water partition coefficient (Wildman–Crippen LogP) is 0.138. The molecule has 0 aliphatic rings. The Morgan fingerprint density at radius 1 is 1.25 bits per heavy atom. The zero-order valence-corrected chi connectivity index (χ0v) is 5.93. The van der Waals surface area contributed by atoms with Gasteiger partial charge >= 0.3 is 31.4 Å². The van der Waals surface area contributed by atoms with Crippen molar-refractivity contribution >= 4 is 30.0 Å². The van der Waals surface area contributed by atoms with Crippen LogP contribution in [0.25, 0.3) is 0 Å². The molecule has 0 fully saturated rings. The summed E-state index contributed by atoms with van der Waals surface area (Å²) >= 11 is 0.230. The van der Waals surface area contributed by atoms with Gasteiger partial charge in [0.2, 0.25) is 0 Å². The van der Waals surface area contributed by atoms with Gasteiger partial charge in [-0.05, 0) is 0 Å². The van der Waals surface area contributed by atoms with Crippen molar-refractivity contribution in [3.8, 4) is 0 Å². The summed E-state index contributed by atoms with van der Waals surface area (Å²) in [6, 6.07) is 0. The summed E-state index contributed by atoms with van der Waals surface area (Å²) in [6.07, 6.45) is 0. The minimum absolute atomic E-state index is 0. The van der Waals surface area contributed by atoms with E-state index in [0.29, 0.717) is 0 Å². The number of rotatable bonds is 0. The zero-order valence-electron chi connectivity index (χ0n) is 3.08. The summed E-state index contributed by atoms with van der Waals surface area (Å²) in [5.74, 6) is 0. The minimum atomic E-state index is 0. The Morgan fingerprint density at radius 3 is 1.25 bits per heavy atom. The van der Waals surface area contributed by atoms with Gasteiger partial charge in [-0.15, -0.1) is 0 Å². The quantitative estimate of drug-likeness (QED) is 0.446. The maximum atomic E-state index is 2.30. The van der Waals surface area contributed by atoms with Gasteiger partial charge in [0.25, 0.3) is 0 Å². The fraction of sp³-hybridized carbons (Fsp3) is 1.00. The molecule has 0 aliphatic heterocycles. The molecule has 0 spiro atoms. The van der Waals surface area contributed by atoms with E-state index in [4.69, 9.17) is 0 Å². The van der Waals surface area contributed by atoms with Crippen LogP contribution in [0.4, 0.5) is 0 Å². The van der Waals surface area contributed by atoms with Crippen molar-refractivity contribution in [3.63, 3.8) is 0 Å². The molecule has 2 heteroatoms. The maximum absolute atomic E-state index is 2.30. The van der Waals surface area contributed by atoms with Crippen LogP contribution in [0.1, 0.15) is 0 Å². The van der Waals surface area contributed by atoms with Crippen molar-refractivity contribution in [2.24, 2.45) is 0 Å². The standard InChI is InChI=1S/2CH3.B.Sb.H/h2*1H3;;;. The van der Waals surface area contributed by atoms with Gasteiger partial charge in [-0.2, -0.15) is 0 Å². The third-order valence-electron chi connectivity index (χ3n) is 0. The third kappa shape index (κ3) is 13.1. The van der Waals surface area contributed by atoms with Crippen LogP contribution in [0.3, 0.4) is 0 Å². The fourth-order valence-corrected chi connectivity index (χ4v) is 0. The van der Waals surface area contributed by atoms with Gasteiger partial charge in [-0.1, -0.05) is 0 Å². The van der Waals surface area contributed by atoms with Gasteiger partial charge in [-0.3, -0.25) is 0 Å². The van der Waals surface area contributed by atoms with Crippen molar-refractivity contribution in [2.75, 3.05) is 0 Å². The van der Waals surface area contributed by atoms with Crippen LogP contribution >= 0.6 is 0 Å². The van der Waals surface area contributed by atoms with Crippen LogP contribution in [0, 0.1) is 0 Å². The SMILES string of the molecule is [B].[CH3][SbH][CH3]. The third-order valence-corrected chi connectivity index (χ3v) is 0. The first-order chi connectivity index (χ1) is 1.41. The molecule has 0 nitrogen and oxygen atoms in total. The first-order valence-corrected chi connectivity index (χ1v) is 6.71. The van der Waals surface area contributed by atoms with E-state index in [-0.39, 0.29) is 30.0 Å². The van der Waals surface area contributed by atoms with Crippen LogP contribution in [0.2, 0.25) is 9.74 Å². The van der Waals surface area contributed by atoms with E-state index in [1.165, 1.54) is 0 Å². The van der Waals surface area contributed by atoms with E-state index >= 15 is 0 Å². The normalized spacial score (nSPS) is 4.50. The first kappa shape index (κ1) is 8.86. The Kier molecular flexibility index (Phi) is 20.2. The van der Waals surface area contributed by atoms with Crippen LogP contribution in [0.15, 0.2) is 0 Å². The summed E-state index contributed by atoms with van der Waals surface area (Å²) in [7, 11) is 0. The van der Waals surface area contributed by atoms with E-state index in [9.17, 15) is 0 Å². The van der Waals surface area contributed by atoms with Crippen molar-refractivity contribution in [1.29, 1.82) is 0 Å². The topological polar surface area (TPSA) is 0 Å². The summed E-state index contributed by atoms with van der Waals surface area (Å²) in [4.78, 5) is 4.59. The van der Waals surface area contributed by atoms with Gasteiger partial charge in [0.1, 0.15) is 0 Å². The Morgan fingerprint density at radius 2 is 1.25 bits per heavy atom. The molecule has 0 bridgehead atoms. The van der Waals surface area contributed by atoms with Crippen molar-refractivity contribution in [2.45, 2.75) is 9.74 Å². The summed E-state index contributed by atoms with van der Waals surface area (Å²) in [5.41, 5.74) is 0. The average Bonchev–Trinajstić information content (AvgIpc) is 0.918. The van der Waals surface area contributed by atoms with Crippen molar-refractivity contribution in [1.82, 2.24) is 0 Å². The summed E-state index contributed by atoms with van der Waals surface area (Å²) in [6.45, 7) is 0. The van der Waals surface area contributed by atoms with Crippen molar-refractivity contribution in [3.05, 3.63) is 0 Å². The second kappa shape index (κ2) is 9.10. The molecule has 0 atom stereocenters. The molecule has 0 N–H and O–H groups in total. The summed E-state index contributed by atoms with van der Waals surface area (Å²) < 4.78 is 0. The molecular weight excluding hydrogens is 157 g/mol. The van der Waals surface area contributed by atoms with E-state index in [1.54, 1.807) is 0 Å². The average molecular weight is 164 g/mol. The molecule has 0 saturated heterocycles. The van der Waals surface area contributed by atoms with Gasteiger partial charge in [0.05, 0.1) is 0 Å². The van der Waals surface area contributed by atoms with Crippen LogP contribution in [-0.4, -0.2) is 30.0 Å². The molecular formula is C2H7BSb. The fourth-order valence-electron chi connectivity index (χ4n) is 0. The second-order valence-corrected chi connectivity index (χ2v) is 3.35. The Hall–Kier alpha value is 0.883.